The summed E-state index contributed by atoms with van der Waals surface area (Å²) in [6.45, 7) is 4.42. The van der Waals surface area contributed by atoms with Gasteiger partial charge >= 0.3 is 25.8 Å². The summed E-state index contributed by atoms with van der Waals surface area (Å²) in [7, 11) is 0.750. The van der Waals surface area contributed by atoms with E-state index < -0.39 is 0 Å². The molecule has 2 aromatic carbocycles. The fourth-order valence-electron chi connectivity index (χ4n) is 1.41. The molecule has 0 aliphatic heterocycles. The Morgan fingerprint density at radius 1 is 1.10 bits per heavy atom. The third-order valence-electron chi connectivity index (χ3n) is 2.13. The summed E-state index contributed by atoms with van der Waals surface area (Å²) in [5, 5.41) is 2.66. The molecular formula is C16H19Cl2HfSi. The number of rotatable bonds is 0. The summed E-state index contributed by atoms with van der Waals surface area (Å²) in [5.74, 6) is 0. The second-order valence-corrected chi connectivity index (χ2v) is 4.89. The summed E-state index contributed by atoms with van der Waals surface area (Å²) in [5.41, 5.74) is 0. The molecule has 1 aliphatic rings. The van der Waals surface area contributed by atoms with Crippen LogP contribution >= 0.6 is 0 Å². The molecule has 0 unspecified atom stereocenters. The van der Waals surface area contributed by atoms with Crippen LogP contribution in [0.5, 0.6) is 0 Å². The van der Waals surface area contributed by atoms with E-state index in [1.165, 1.54) is 10.8 Å². The smallest absolute Gasteiger partial charge is 1.00 e. The average Bonchev–Trinajstić information content (AvgIpc) is 3.05. The van der Waals surface area contributed by atoms with Crippen molar-refractivity contribution in [3.63, 3.8) is 0 Å². The third kappa shape index (κ3) is 10.7. The molecule has 0 heterocycles. The maximum Gasteiger partial charge on any atom is 4.00 e. The number of halogens is 2. The van der Waals surface area contributed by atoms with Crippen LogP contribution in [0.25, 0.3) is 10.8 Å². The van der Waals surface area contributed by atoms with Crippen LogP contribution in [-0.4, -0.2) is 9.52 Å². The standard InChI is InChI=1S/C9H7.C5H5.C2H7Si.2ClH.Hf/c1-2-5-9-7-3-6-8(9)4-1;1-2-4-5-3-1;1-3-2;;;/h1-7H;1-3H,4H2;3H,1-2H3;2*1H;/q2*-1;;;;+4/p-2. The molecule has 0 saturated carbocycles. The van der Waals surface area contributed by atoms with Crippen molar-refractivity contribution in [3.05, 3.63) is 66.8 Å². The Kier molecular flexibility index (Phi) is 21.3. The molecule has 0 nitrogen and oxygen atoms in total. The van der Waals surface area contributed by atoms with E-state index in [2.05, 4.69) is 67.7 Å². The van der Waals surface area contributed by atoms with Gasteiger partial charge < -0.3 is 24.8 Å². The molecule has 1 radical (unpaired) electrons. The quantitative estimate of drug-likeness (QED) is 0.309. The van der Waals surface area contributed by atoms with Crippen molar-refractivity contribution in [2.24, 2.45) is 0 Å². The fourth-order valence-corrected chi connectivity index (χ4v) is 1.41. The molecule has 2 aromatic rings. The second-order valence-electron chi connectivity index (χ2n) is 3.74. The molecule has 0 atom stereocenters. The van der Waals surface area contributed by atoms with Crippen molar-refractivity contribution in [1.82, 2.24) is 0 Å². The Morgan fingerprint density at radius 3 is 2.20 bits per heavy atom. The van der Waals surface area contributed by atoms with Gasteiger partial charge in [-0.3, -0.25) is 6.08 Å². The Labute approximate surface area is 156 Å². The van der Waals surface area contributed by atoms with E-state index in [1.807, 2.05) is 12.2 Å². The maximum atomic E-state index is 2.99. The number of hydrogen-bond donors (Lipinski definition) is 0. The number of fused-ring (bicyclic) bond motifs is 1. The van der Waals surface area contributed by atoms with Crippen LogP contribution in [0.1, 0.15) is 6.42 Å². The predicted molar refractivity (Wildman–Crippen MR) is 80.0 cm³/mol. The number of allylic oxidation sites excluding steroid dienone is 4. The van der Waals surface area contributed by atoms with Crippen LogP contribution in [0.3, 0.4) is 0 Å². The van der Waals surface area contributed by atoms with Crippen molar-refractivity contribution in [2.45, 2.75) is 19.5 Å². The molecule has 0 spiro atoms. The SMILES string of the molecule is C[SiH]C.[C-]1=CC=CC1.[Cl-].[Cl-].[Hf+4].c1ccc2[cH-]ccc2c1. The number of hydrogen-bond acceptors (Lipinski definition) is 0. The third-order valence-corrected chi connectivity index (χ3v) is 2.13. The minimum atomic E-state index is 0. The molecule has 0 saturated heterocycles. The zero-order valence-electron chi connectivity index (χ0n) is 11.8. The van der Waals surface area contributed by atoms with E-state index in [4.69, 9.17) is 0 Å². The second kappa shape index (κ2) is 17.0. The van der Waals surface area contributed by atoms with Gasteiger partial charge in [0.25, 0.3) is 0 Å². The zero-order chi connectivity index (χ0) is 12.3. The first-order valence-electron chi connectivity index (χ1n) is 5.94. The Bertz CT molecular complexity index is 438. The first-order chi connectivity index (χ1) is 8.38. The van der Waals surface area contributed by atoms with E-state index in [0.29, 0.717) is 0 Å². The molecule has 0 fully saturated rings. The topological polar surface area (TPSA) is 0 Å². The largest absolute Gasteiger partial charge is 4.00 e. The first-order valence-corrected chi connectivity index (χ1v) is 8.25. The van der Waals surface area contributed by atoms with Gasteiger partial charge in [-0.05, 0) is 0 Å². The molecule has 0 bridgehead atoms. The zero-order valence-corrected chi connectivity index (χ0v) is 18.1. The normalized spacial score (nSPS) is 9.90. The van der Waals surface area contributed by atoms with Gasteiger partial charge in [-0.25, -0.2) is 12.2 Å². The van der Waals surface area contributed by atoms with Crippen LogP contribution in [0.15, 0.2) is 60.7 Å². The molecule has 1 aliphatic carbocycles. The molecule has 0 amide bonds. The van der Waals surface area contributed by atoms with Crippen molar-refractivity contribution in [1.29, 1.82) is 0 Å². The van der Waals surface area contributed by atoms with E-state index in [1.54, 1.807) is 0 Å². The van der Waals surface area contributed by atoms with Gasteiger partial charge in [-0.1, -0.05) is 19.2 Å². The molecule has 0 N–H and O–H groups in total. The van der Waals surface area contributed by atoms with Gasteiger partial charge in [-0.2, -0.15) is 23.6 Å². The van der Waals surface area contributed by atoms with Crippen molar-refractivity contribution >= 4 is 20.3 Å². The van der Waals surface area contributed by atoms with Gasteiger partial charge in [0.1, 0.15) is 0 Å². The Balaban J connectivity index is -0.000000231. The minimum Gasteiger partial charge on any atom is -1.00 e. The summed E-state index contributed by atoms with van der Waals surface area (Å²) in [6, 6.07) is 14.7. The molecule has 0 aromatic heterocycles. The van der Waals surface area contributed by atoms with Gasteiger partial charge in [-0.15, -0.1) is 36.1 Å². The maximum absolute atomic E-state index is 2.99. The molecule has 3 rings (SSSR count). The summed E-state index contributed by atoms with van der Waals surface area (Å²) in [6.07, 6.45) is 10.0. The van der Waals surface area contributed by atoms with Gasteiger partial charge in [0.2, 0.25) is 0 Å². The molecule has 20 heavy (non-hydrogen) atoms. The predicted octanol–water partition coefficient (Wildman–Crippen LogP) is -1.61. The Hall–Kier alpha value is -0.0230. The van der Waals surface area contributed by atoms with Crippen LogP contribution in [0, 0.1) is 6.08 Å². The molecule has 4 heteroatoms. The van der Waals surface area contributed by atoms with Crippen molar-refractivity contribution < 1.29 is 50.7 Å². The Morgan fingerprint density at radius 2 is 1.75 bits per heavy atom. The molecular weight excluding hydrogens is 470 g/mol. The minimum absolute atomic E-state index is 0. The fraction of sp³-hybridized carbons (Fsp3) is 0.188. The van der Waals surface area contributed by atoms with Crippen molar-refractivity contribution in [2.75, 3.05) is 0 Å². The van der Waals surface area contributed by atoms with E-state index in [-0.39, 0.29) is 50.7 Å². The van der Waals surface area contributed by atoms with Gasteiger partial charge in [0.05, 0.1) is 0 Å². The summed E-state index contributed by atoms with van der Waals surface area (Å²) in [4.78, 5) is 0. The first kappa shape index (κ1) is 25.0. The van der Waals surface area contributed by atoms with Crippen LogP contribution < -0.4 is 24.8 Å². The molecule has 105 valence electrons. The number of benzene rings is 1. The monoisotopic (exact) mass is 489 g/mol. The van der Waals surface area contributed by atoms with Crippen LogP contribution in [0.4, 0.5) is 0 Å². The van der Waals surface area contributed by atoms with E-state index >= 15 is 0 Å². The van der Waals surface area contributed by atoms with Crippen LogP contribution in [-0.2, 0) is 25.8 Å². The summed E-state index contributed by atoms with van der Waals surface area (Å²) < 4.78 is 0. The van der Waals surface area contributed by atoms with Crippen molar-refractivity contribution in [3.8, 4) is 0 Å². The van der Waals surface area contributed by atoms with E-state index in [0.717, 1.165) is 15.9 Å². The van der Waals surface area contributed by atoms with Crippen LogP contribution in [0.2, 0.25) is 13.1 Å². The van der Waals surface area contributed by atoms with E-state index in [9.17, 15) is 0 Å². The van der Waals surface area contributed by atoms with Gasteiger partial charge in [0.15, 0.2) is 0 Å². The van der Waals surface area contributed by atoms with Gasteiger partial charge in [0, 0.05) is 9.52 Å². The average molecular weight is 489 g/mol. The summed E-state index contributed by atoms with van der Waals surface area (Å²) >= 11 is 0.